The maximum absolute atomic E-state index is 13.6. The normalized spacial score (nSPS) is 10.9. The van der Waals surface area contributed by atoms with Crippen LogP contribution in [0.1, 0.15) is 21.5 Å². The summed E-state index contributed by atoms with van der Waals surface area (Å²) in [6.45, 7) is 0.0398. The van der Waals surface area contributed by atoms with E-state index in [1.807, 2.05) is 11.4 Å². The first-order chi connectivity index (χ1) is 15.3. The van der Waals surface area contributed by atoms with Gasteiger partial charge in [-0.3, -0.25) is 10.1 Å². The maximum atomic E-state index is 13.6. The molecule has 3 aromatic rings. The second-order valence-corrected chi connectivity index (χ2v) is 6.59. The topological polar surface area (TPSA) is 76.7 Å². The lowest BCUT2D eigenvalue weighted by Gasteiger charge is -2.17. The minimum atomic E-state index is -4.87. The Morgan fingerprint density at radius 1 is 0.906 bits per heavy atom. The number of ether oxygens (including phenoxy) is 2. The molecule has 9 heteroatoms. The first-order valence-corrected chi connectivity index (χ1v) is 9.41. The Balaban J connectivity index is 1.87. The number of nitrogens with one attached hydrogen (secondary N) is 2. The number of methoxy groups -OCH3 is 1. The number of imide groups is 1. The van der Waals surface area contributed by atoms with Crippen LogP contribution in [0.4, 0.5) is 23.7 Å². The quantitative estimate of drug-likeness (QED) is 0.544. The van der Waals surface area contributed by atoms with E-state index in [0.717, 1.165) is 11.6 Å². The van der Waals surface area contributed by atoms with Crippen molar-refractivity contribution in [3.8, 4) is 11.5 Å². The largest absolute Gasteiger partial charge is 0.493 e. The Labute approximate surface area is 182 Å². The molecule has 0 saturated heterocycles. The average molecular weight is 444 g/mol. The molecule has 0 radical (unpaired) electrons. The summed E-state index contributed by atoms with van der Waals surface area (Å²) >= 11 is 0. The third kappa shape index (κ3) is 5.78. The Morgan fingerprint density at radius 2 is 1.53 bits per heavy atom. The Hall–Kier alpha value is -4.01. The number of benzene rings is 3. The van der Waals surface area contributed by atoms with Crippen molar-refractivity contribution in [1.82, 2.24) is 5.32 Å². The molecule has 0 heterocycles. The third-order valence-electron chi connectivity index (χ3n) is 4.35. The first kappa shape index (κ1) is 22.7. The molecule has 0 spiro atoms. The molecule has 0 aliphatic carbocycles. The van der Waals surface area contributed by atoms with Crippen LogP contribution in [0.5, 0.6) is 11.5 Å². The van der Waals surface area contributed by atoms with Gasteiger partial charge in [0.15, 0.2) is 11.5 Å². The molecule has 0 bridgehead atoms. The average Bonchev–Trinajstić information content (AvgIpc) is 2.77. The second kappa shape index (κ2) is 9.86. The number of hydrogen-bond acceptors (Lipinski definition) is 4. The smallest absolute Gasteiger partial charge is 0.417 e. The van der Waals surface area contributed by atoms with Crippen molar-refractivity contribution in [2.45, 2.75) is 12.8 Å². The van der Waals surface area contributed by atoms with Crippen LogP contribution in [0, 0.1) is 0 Å². The highest BCUT2D eigenvalue weighted by atomic mass is 19.4. The molecule has 0 fully saturated rings. The van der Waals surface area contributed by atoms with Crippen LogP contribution in [0.2, 0.25) is 0 Å². The van der Waals surface area contributed by atoms with Crippen LogP contribution in [-0.2, 0) is 12.8 Å². The Kier molecular flexibility index (Phi) is 6.99. The van der Waals surface area contributed by atoms with E-state index in [1.54, 1.807) is 54.6 Å². The summed E-state index contributed by atoms with van der Waals surface area (Å²) in [4.78, 5) is 24.7. The van der Waals surface area contributed by atoms with Crippen LogP contribution in [0.15, 0.2) is 72.8 Å². The second-order valence-electron chi connectivity index (χ2n) is 6.59. The number of halogens is 3. The van der Waals surface area contributed by atoms with Gasteiger partial charge in [0.1, 0.15) is 6.61 Å². The molecule has 0 atom stereocenters. The number of hydrogen-bond donors (Lipinski definition) is 2. The minimum Gasteiger partial charge on any atom is -0.493 e. The highest BCUT2D eigenvalue weighted by molar-refractivity contribution is 6.09. The van der Waals surface area contributed by atoms with Crippen LogP contribution < -0.4 is 20.1 Å². The highest BCUT2D eigenvalue weighted by Crippen LogP contribution is 2.39. The highest BCUT2D eigenvalue weighted by Gasteiger charge is 2.37. The van der Waals surface area contributed by atoms with Gasteiger partial charge in [-0.15, -0.1) is 0 Å². The van der Waals surface area contributed by atoms with E-state index in [9.17, 15) is 22.8 Å². The van der Waals surface area contributed by atoms with Crippen molar-refractivity contribution in [2.75, 3.05) is 12.4 Å². The van der Waals surface area contributed by atoms with Crippen LogP contribution >= 0.6 is 0 Å². The molecular weight excluding hydrogens is 425 g/mol. The molecule has 0 saturated carbocycles. The summed E-state index contributed by atoms with van der Waals surface area (Å²) in [6, 6.07) is 17.7. The van der Waals surface area contributed by atoms with E-state index < -0.39 is 29.2 Å². The van der Waals surface area contributed by atoms with E-state index in [4.69, 9.17) is 9.47 Å². The third-order valence-corrected chi connectivity index (χ3v) is 4.35. The summed E-state index contributed by atoms with van der Waals surface area (Å²) in [5.74, 6) is -1.51. The Bertz CT molecular complexity index is 1090. The van der Waals surface area contributed by atoms with Crippen LogP contribution in [0.3, 0.4) is 0 Å². The molecule has 3 aromatic carbocycles. The lowest BCUT2D eigenvalue weighted by molar-refractivity contribution is -0.138. The number of carbonyl (C=O) groups excluding carboxylic acids is 2. The van der Waals surface area contributed by atoms with Gasteiger partial charge in [0, 0.05) is 5.69 Å². The molecule has 0 unspecified atom stereocenters. The standard InChI is InChI=1S/C23H19F3N2O4/c1-31-19-13-18(23(24,25)26)17(12-20(19)32-14-15-8-4-2-5-9-15)21(29)28-22(30)27-16-10-6-3-7-11-16/h2-13H,14H2,1H3,(H2,27,28,29,30). The maximum Gasteiger partial charge on any atom is 0.417 e. The van der Waals surface area contributed by atoms with Crippen molar-refractivity contribution in [2.24, 2.45) is 0 Å². The van der Waals surface area contributed by atoms with Gasteiger partial charge in [0.2, 0.25) is 0 Å². The van der Waals surface area contributed by atoms with E-state index in [0.29, 0.717) is 11.8 Å². The number of carbonyl (C=O) groups is 2. The van der Waals surface area contributed by atoms with Crippen molar-refractivity contribution in [3.63, 3.8) is 0 Å². The molecule has 3 amide bonds. The first-order valence-electron chi connectivity index (χ1n) is 9.41. The van der Waals surface area contributed by atoms with Gasteiger partial charge in [-0.05, 0) is 29.8 Å². The predicted molar refractivity (Wildman–Crippen MR) is 112 cm³/mol. The zero-order chi connectivity index (χ0) is 23.1. The van der Waals surface area contributed by atoms with Gasteiger partial charge >= 0.3 is 12.2 Å². The summed E-state index contributed by atoms with van der Waals surface area (Å²) in [5, 5.41) is 4.29. The minimum absolute atomic E-state index is 0.0398. The molecule has 2 N–H and O–H groups in total. The predicted octanol–water partition coefficient (Wildman–Crippen LogP) is 5.25. The number of alkyl halides is 3. The number of rotatable bonds is 6. The lowest BCUT2D eigenvalue weighted by Crippen LogP contribution is -2.35. The van der Waals surface area contributed by atoms with Gasteiger partial charge in [-0.2, -0.15) is 13.2 Å². The lowest BCUT2D eigenvalue weighted by atomic mass is 10.0. The van der Waals surface area contributed by atoms with E-state index >= 15 is 0 Å². The van der Waals surface area contributed by atoms with Gasteiger partial charge in [0.25, 0.3) is 5.91 Å². The molecule has 0 aliphatic rings. The summed E-state index contributed by atoms with van der Waals surface area (Å²) in [7, 11) is 1.19. The van der Waals surface area contributed by atoms with Crippen molar-refractivity contribution in [3.05, 3.63) is 89.5 Å². The number of amides is 3. The molecule has 32 heavy (non-hydrogen) atoms. The zero-order valence-corrected chi connectivity index (χ0v) is 16.9. The number of urea groups is 1. The van der Waals surface area contributed by atoms with Crippen molar-refractivity contribution in [1.29, 1.82) is 0 Å². The molecular formula is C23H19F3N2O4. The van der Waals surface area contributed by atoms with Gasteiger partial charge in [-0.1, -0.05) is 48.5 Å². The monoisotopic (exact) mass is 444 g/mol. The fourth-order valence-electron chi connectivity index (χ4n) is 2.84. The fourth-order valence-corrected chi connectivity index (χ4v) is 2.84. The Morgan fingerprint density at radius 3 is 2.12 bits per heavy atom. The van der Waals surface area contributed by atoms with Crippen LogP contribution in [-0.4, -0.2) is 19.0 Å². The van der Waals surface area contributed by atoms with E-state index in [1.165, 1.54) is 7.11 Å². The van der Waals surface area contributed by atoms with E-state index in [2.05, 4.69) is 5.32 Å². The summed E-state index contributed by atoms with van der Waals surface area (Å²) < 4.78 is 51.5. The van der Waals surface area contributed by atoms with Gasteiger partial charge < -0.3 is 14.8 Å². The van der Waals surface area contributed by atoms with Crippen molar-refractivity contribution >= 4 is 17.6 Å². The molecule has 6 nitrogen and oxygen atoms in total. The van der Waals surface area contributed by atoms with E-state index in [-0.39, 0.29) is 18.1 Å². The fraction of sp³-hybridized carbons (Fsp3) is 0.130. The van der Waals surface area contributed by atoms with Gasteiger partial charge in [-0.25, -0.2) is 4.79 Å². The SMILES string of the molecule is COc1cc(C(F)(F)F)c(C(=O)NC(=O)Nc2ccccc2)cc1OCc1ccccc1. The molecule has 166 valence electrons. The molecule has 0 aromatic heterocycles. The summed E-state index contributed by atoms with van der Waals surface area (Å²) in [5.41, 5.74) is -0.894. The number of anilines is 1. The van der Waals surface area contributed by atoms with Gasteiger partial charge in [0.05, 0.1) is 18.2 Å². The van der Waals surface area contributed by atoms with Crippen molar-refractivity contribution < 1.29 is 32.2 Å². The van der Waals surface area contributed by atoms with Crippen LogP contribution in [0.25, 0.3) is 0 Å². The molecule has 0 aliphatic heterocycles. The number of para-hydroxylation sites is 1. The zero-order valence-electron chi connectivity index (χ0n) is 16.9. The molecule has 3 rings (SSSR count). The summed E-state index contributed by atoms with van der Waals surface area (Å²) in [6.07, 6.45) is -4.87.